The fourth-order valence-electron chi connectivity index (χ4n) is 2.48. The van der Waals surface area contributed by atoms with Crippen LogP contribution < -0.4 is 10.6 Å². The molecule has 1 saturated carbocycles. The van der Waals surface area contributed by atoms with E-state index in [2.05, 4.69) is 10.6 Å². The van der Waals surface area contributed by atoms with Crippen molar-refractivity contribution < 1.29 is 29.4 Å². The van der Waals surface area contributed by atoms with Gasteiger partial charge in [-0.2, -0.15) is 0 Å². The Morgan fingerprint density at radius 1 is 0.727 bits per heavy atom. The lowest BCUT2D eigenvalue weighted by Gasteiger charge is -2.32. The van der Waals surface area contributed by atoms with Crippen molar-refractivity contribution in [3.05, 3.63) is 0 Å². The Labute approximate surface area is 128 Å². The van der Waals surface area contributed by atoms with Crippen LogP contribution in [0.4, 0.5) is 0 Å². The van der Waals surface area contributed by atoms with Crippen molar-refractivity contribution in [3.8, 4) is 0 Å². The van der Waals surface area contributed by atoms with Crippen molar-refractivity contribution in [2.75, 3.05) is 0 Å². The Bertz CT molecular complexity index is 397. The third kappa shape index (κ3) is 7.05. The summed E-state index contributed by atoms with van der Waals surface area (Å²) < 4.78 is 0. The molecule has 1 fully saturated rings. The van der Waals surface area contributed by atoms with Gasteiger partial charge in [0.25, 0.3) is 0 Å². The SMILES string of the molecule is O=C(O)CCC(=O)N[C@H]1CCCC[C@@H]1NC(=O)CCC(=O)O. The lowest BCUT2D eigenvalue weighted by molar-refractivity contribution is -0.139. The van der Waals surface area contributed by atoms with Crippen LogP contribution in [0, 0.1) is 0 Å². The van der Waals surface area contributed by atoms with Crippen LogP contribution in [-0.4, -0.2) is 46.0 Å². The summed E-state index contributed by atoms with van der Waals surface area (Å²) in [6, 6.07) is -0.465. The molecule has 0 aliphatic heterocycles. The largest absolute Gasteiger partial charge is 0.481 e. The Morgan fingerprint density at radius 3 is 1.41 bits per heavy atom. The first-order valence-corrected chi connectivity index (χ1v) is 7.41. The van der Waals surface area contributed by atoms with Crippen LogP contribution in [0.1, 0.15) is 51.4 Å². The molecule has 1 rings (SSSR count). The van der Waals surface area contributed by atoms with Gasteiger partial charge in [0.1, 0.15) is 0 Å². The van der Waals surface area contributed by atoms with Crippen molar-refractivity contribution >= 4 is 23.8 Å². The molecule has 0 aromatic heterocycles. The Kier molecular flexibility index (Phi) is 7.34. The molecule has 0 spiro atoms. The van der Waals surface area contributed by atoms with Gasteiger partial charge in [-0.15, -0.1) is 0 Å². The molecule has 4 N–H and O–H groups in total. The molecule has 1 aliphatic carbocycles. The van der Waals surface area contributed by atoms with E-state index in [1.165, 1.54) is 0 Å². The minimum absolute atomic E-state index is 0.0918. The van der Waals surface area contributed by atoms with E-state index in [9.17, 15) is 19.2 Å². The maximum Gasteiger partial charge on any atom is 0.303 e. The molecular formula is C14H22N2O6. The monoisotopic (exact) mass is 314 g/mol. The molecule has 0 saturated heterocycles. The third-order valence-electron chi connectivity index (χ3n) is 3.59. The van der Waals surface area contributed by atoms with Crippen molar-refractivity contribution in [2.45, 2.75) is 63.5 Å². The van der Waals surface area contributed by atoms with Crippen LogP contribution in [-0.2, 0) is 19.2 Å². The lowest BCUT2D eigenvalue weighted by atomic mass is 9.90. The Morgan fingerprint density at radius 2 is 1.09 bits per heavy atom. The molecule has 8 heteroatoms. The van der Waals surface area contributed by atoms with Gasteiger partial charge in [0.05, 0.1) is 12.8 Å². The van der Waals surface area contributed by atoms with Crippen LogP contribution in [0.2, 0.25) is 0 Å². The third-order valence-corrected chi connectivity index (χ3v) is 3.59. The highest BCUT2D eigenvalue weighted by Crippen LogP contribution is 2.19. The van der Waals surface area contributed by atoms with E-state index in [0.717, 1.165) is 12.8 Å². The van der Waals surface area contributed by atoms with E-state index < -0.39 is 11.9 Å². The van der Waals surface area contributed by atoms with Crippen molar-refractivity contribution in [2.24, 2.45) is 0 Å². The first-order chi connectivity index (χ1) is 10.4. The fourth-order valence-corrected chi connectivity index (χ4v) is 2.48. The maximum absolute atomic E-state index is 11.7. The molecule has 0 unspecified atom stereocenters. The number of hydrogen-bond acceptors (Lipinski definition) is 4. The highest BCUT2D eigenvalue weighted by atomic mass is 16.4. The second-order valence-electron chi connectivity index (χ2n) is 5.42. The molecule has 2 atom stereocenters. The average molecular weight is 314 g/mol. The van der Waals surface area contributed by atoms with E-state index in [0.29, 0.717) is 12.8 Å². The quantitative estimate of drug-likeness (QED) is 0.508. The number of rotatable bonds is 8. The van der Waals surface area contributed by atoms with Crippen LogP contribution in [0.25, 0.3) is 0 Å². The number of hydrogen-bond donors (Lipinski definition) is 4. The summed E-state index contributed by atoms with van der Waals surface area (Å²) in [5.41, 5.74) is 0. The highest BCUT2D eigenvalue weighted by molar-refractivity contribution is 5.82. The van der Waals surface area contributed by atoms with Crippen molar-refractivity contribution in [1.82, 2.24) is 10.6 Å². The normalized spacial score (nSPS) is 20.9. The van der Waals surface area contributed by atoms with Gasteiger partial charge in [-0.3, -0.25) is 19.2 Å². The molecule has 0 heterocycles. The van der Waals surface area contributed by atoms with Crippen molar-refractivity contribution in [1.29, 1.82) is 0 Å². The predicted molar refractivity (Wildman–Crippen MR) is 76.1 cm³/mol. The summed E-state index contributed by atoms with van der Waals surface area (Å²) in [7, 11) is 0. The number of nitrogens with one attached hydrogen (secondary N) is 2. The summed E-state index contributed by atoms with van der Waals surface area (Å²) in [5.74, 6) is -2.76. The average Bonchev–Trinajstić information content (AvgIpc) is 2.45. The molecule has 2 amide bonds. The molecule has 0 aromatic carbocycles. The van der Waals surface area contributed by atoms with Gasteiger partial charge in [0, 0.05) is 24.9 Å². The van der Waals surface area contributed by atoms with E-state index in [1.807, 2.05) is 0 Å². The summed E-state index contributed by atoms with van der Waals surface area (Å²) >= 11 is 0. The van der Waals surface area contributed by atoms with Gasteiger partial charge in [-0.05, 0) is 12.8 Å². The molecule has 8 nitrogen and oxygen atoms in total. The topological polar surface area (TPSA) is 133 Å². The van der Waals surface area contributed by atoms with E-state index >= 15 is 0 Å². The minimum Gasteiger partial charge on any atom is -0.481 e. The molecule has 0 radical (unpaired) electrons. The van der Waals surface area contributed by atoms with Gasteiger partial charge in [-0.25, -0.2) is 0 Å². The van der Waals surface area contributed by atoms with E-state index in [-0.39, 0.29) is 49.6 Å². The van der Waals surface area contributed by atoms with Crippen LogP contribution in [0.15, 0.2) is 0 Å². The first-order valence-electron chi connectivity index (χ1n) is 7.41. The summed E-state index contributed by atoms with van der Waals surface area (Å²) in [4.78, 5) is 44.3. The predicted octanol–water partition coefficient (Wildman–Crippen LogP) is 0.260. The molecule has 0 aromatic rings. The Balaban J connectivity index is 2.45. The summed E-state index contributed by atoms with van der Waals surface area (Å²) in [6.45, 7) is 0. The zero-order valence-corrected chi connectivity index (χ0v) is 12.3. The molecular weight excluding hydrogens is 292 g/mol. The minimum atomic E-state index is -1.03. The highest BCUT2D eigenvalue weighted by Gasteiger charge is 2.27. The standard InChI is InChI=1S/C14H22N2O6/c17-11(5-7-13(19)20)15-9-3-1-2-4-10(9)16-12(18)6-8-14(21)22/h9-10H,1-8H2,(H,15,17)(H,16,18)(H,19,20)(H,21,22)/t9-,10-/m0/s1. The maximum atomic E-state index is 11.7. The second-order valence-corrected chi connectivity index (χ2v) is 5.42. The summed E-state index contributed by atoms with van der Waals surface area (Å²) in [5, 5.41) is 22.6. The zero-order chi connectivity index (χ0) is 16.5. The van der Waals surface area contributed by atoms with Crippen LogP contribution >= 0.6 is 0 Å². The van der Waals surface area contributed by atoms with E-state index in [4.69, 9.17) is 10.2 Å². The van der Waals surface area contributed by atoms with Crippen LogP contribution in [0.5, 0.6) is 0 Å². The van der Waals surface area contributed by atoms with Crippen molar-refractivity contribution in [3.63, 3.8) is 0 Å². The number of carbonyl (C=O) groups is 4. The number of carboxylic acids is 2. The second kappa shape index (κ2) is 9.01. The first kappa shape index (κ1) is 17.9. The van der Waals surface area contributed by atoms with Gasteiger partial charge in [0.15, 0.2) is 0 Å². The fraction of sp³-hybridized carbons (Fsp3) is 0.714. The molecule has 0 bridgehead atoms. The van der Waals surface area contributed by atoms with Gasteiger partial charge < -0.3 is 20.8 Å². The zero-order valence-electron chi connectivity index (χ0n) is 12.3. The Hall–Kier alpha value is -2.12. The summed E-state index contributed by atoms with van der Waals surface area (Å²) in [6.07, 6.45) is 2.63. The number of amides is 2. The van der Waals surface area contributed by atoms with E-state index in [1.54, 1.807) is 0 Å². The van der Waals surface area contributed by atoms with Gasteiger partial charge in [-0.1, -0.05) is 12.8 Å². The lowest BCUT2D eigenvalue weighted by Crippen LogP contribution is -2.53. The molecule has 124 valence electrons. The van der Waals surface area contributed by atoms with Gasteiger partial charge >= 0.3 is 11.9 Å². The number of carbonyl (C=O) groups excluding carboxylic acids is 2. The molecule has 22 heavy (non-hydrogen) atoms. The molecule has 1 aliphatic rings. The number of carboxylic acid groups (broad SMARTS) is 2. The van der Waals surface area contributed by atoms with Crippen LogP contribution in [0.3, 0.4) is 0 Å². The smallest absolute Gasteiger partial charge is 0.303 e. The van der Waals surface area contributed by atoms with Gasteiger partial charge in [0.2, 0.25) is 11.8 Å². The number of aliphatic carboxylic acids is 2.